The van der Waals surface area contributed by atoms with Crippen LogP contribution in [0.1, 0.15) is 32.6 Å². The molecule has 96 valence electrons. The van der Waals surface area contributed by atoms with E-state index < -0.39 is 0 Å². The molecule has 0 bridgehead atoms. The Morgan fingerprint density at radius 2 is 2.24 bits per heavy atom. The smallest absolute Gasteiger partial charge is 0.153 e. The van der Waals surface area contributed by atoms with Crippen LogP contribution in [0.15, 0.2) is 4.90 Å². The second-order valence-corrected chi connectivity index (χ2v) is 6.42. The molecule has 1 fully saturated rings. The van der Waals surface area contributed by atoms with Crippen molar-refractivity contribution < 1.29 is 0 Å². The molecule has 0 aromatic carbocycles. The van der Waals surface area contributed by atoms with Crippen LogP contribution in [0.2, 0.25) is 0 Å². The van der Waals surface area contributed by atoms with Gasteiger partial charge in [0, 0.05) is 6.54 Å². The van der Waals surface area contributed by atoms with Crippen molar-refractivity contribution in [2.75, 3.05) is 23.9 Å². The van der Waals surface area contributed by atoms with E-state index in [4.69, 9.17) is 5.73 Å². The number of nitrogens with zero attached hydrogens (tertiary/aromatic N) is 1. The summed E-state index contributed by atoms with van der Waals surface area (Å²) < 4.78 is 4.21. The molecule has 1 aromatic rings. The zero-order valence-corrected chi connectivity index (χ0v) is 12.2. The monoisotopic (exact) mass is 271 g/mol. The van der Waals surface area contributed by atoms with Crippen LogP contribution >= 0.6 is 23.3 Å². The van der Waals surface area contributed by atoms with Crippen molar-refractivity contribution in [2.45, 2.75) is 37.5 Å². The van der Waals surface area contributed by atoms with Gasteiger partial charge in [0.2, 0.25) is 0 Å². The summed E-state index contributed by atoms with van der Waals surface area (Å²) in [4.78, 5) is 1.11. The minimum absolute atomic E-state index is 0.668. The lowest BCUT2D eigenvalue weighted by Crippen LogP contribution is -2.24. The van der Waals surface area contributed by atoms with E-state index >= 15 is 0 Å². The molecule has 0 saturated heterocycles. The van der Waals surface area contributed by atoms with Gasteiger partial charge in [0.15, 0.2) is 5.82 Å². The number of hydrogen-bond donors (Lipinski definition) is 2. The highest BCUT2D eigenvalue weighted by Crippen LogP contribution is 2.36. The molecule has 1 heterocycles. The van der Waals surface area contributed by atoms with Crippen molar-refractivity contribution in [2.24, 2.45) is 11.8 Å². The van der Waals surface area contributed by atoms with E-state index in [1.165, 1.54) is 37.2 Å². The largest absolute Gasteiger partial charge is 0.382 e. The molecule has 2 atom stereocenters. The molecule has 1 aromatic heterocycles. The van der Waals surface area contributed by atoms with Crippen LogP contribution in [0.5, 0.6) is 0 Å². The number of nitrogens with two attached hydrogens (primary N) is 1. The first-order valence-corrected chi connectivity index (χ1v) is 8.25. The molecule has 1 saturated carbocycles. The lowest BCUT2D eigenvalue weighted by Gasteiger charge is -2.28. The number of nitrogens with one attached hydrogen (secondary N) is 1. The summed E-state index contributed by atoms with van der Waals surface area (Å²) in [5.74, 6) is 2.32. The molecule has 2 unspecified atom stereocenters. The standard InChI is InChI=1S/C12H21N3S2/c1-8-5-3-4-6-9(8)7-14-12-10(16-2)11(13)15-17-12/h8-9,14H,3-7H2,1-2H3,(H2,13,15). The lowest BCUT2D eigenvalue weighted by atomic mass is 9.80. The van der Waals surface area contributed by atoms with Crippen molar-refractivity contribution in [1.29, 1.82) is 0 Å². The van der Waals surface area contributed by atoms with Crippen LogP contribution in [-0.2, 0) is 0 Å². The minimum Gasteiger partial charge on any atom is -0.382 e. The highest BCUT2D eigenvalue weighted by molar-refractivity contribution is 7.99. The number of anilines is 2. The summed E-state index contributed by atoms with van der Waals surface area (Å²) in [6.07, 6.45) is 7.58. The zero-order valence-electron chi connectivity index (χ0n) is 10.5. The average Bonchev–Trinajstić information content (AvgIpc) is 2.69. The zero-order chi connectivity index (χ0) is 12.3. The number of rotatable bonds is 4. The SMILES string of the molecule is CSc1c(N)nsc1NCC1CCCCC1C. The summed E-state index contributed by atoms with van der Waals surface area (Å²) in [6, 6.07) is 0. The molecule has 5 heteroatoms. The van der Waals surface area contributed by atoms with E-state index in [0.29, 0.717) is 5.82 Å². The van der Waals surface area contributed by atoms with Gasteiger partial charge in [0.05, 0.1) is 4.90 Å². The van der Waals surface area contributed by atoms with Gasteiger partial charge in [-0.15, -0.1) is 11.8 Å². The summed E-state index contributed by atoms with van der Waals surface area (Å²) >= 11 is 3.16. The molecule has 17 heavy (non-hydrogen) atoms. The Morgan fingerprint density at radius 3 is 2.94 bits per heavy atom. The third-order valence-electron chi connectivity index (χ3n) is 3.69. The van der Waals surface area contributed by atoms with E-state index in [2.05, 4.69) is 22.9 Å². The van der Waals surface area contributed by atoms with Gasteiger partial charge in [0.1, 0.15) is 5.00 Å². The first kappa shape index (κ1) is 13.0. The fraction of sp³-hybridized carbons (Fsp3) is 0.750. The van der Waals surface area contributed by atoms with E-state index in [9.17, 15) is 0 Å². The summed E-state index contributed by atoms with van der Waals surface area (Å²) in [6.45, 7) is 3.44. The average molecular weight is 271 g/mol. The van der Waals surface area contributed by atoms with E-state index in [1.54, 1.807) is 11.8 Å². The van der Waals surface area contributed by atoms with Gasteiger partial charge in [-0.1, -0.05) is 26.2 Å². The normalized spacial score (nSPS) is 24.8. The molecule has 1 aliphatic carbocycles. The molecule has 1 aliphatic rings. The summed E-state index contributed by atoms with van der Waals surface area (Å²) in [5, 5.41) is 4.69. The van der Waals surface area contributed by atoms with Gasteiger partial charge in [-0.25, -0.2) is 0 Å². The van der Waals surface area contributed by atoms with Crippen molar-refractivity contribution in [1.82, 2.24) is 4.37 Å². The second kappa shape index (κ2) is 5.96. The van der Waals surface area contributed by atoms with Crippen LogP contribution in [0, 0.1) is 11.8 Å². The molecule has 0 aliphatic heterocycles. The van der Waals surface area contributed by atoms with Crippen LogP contribution < -0.4 is 11.1 Å². The third-order valence-corrected chi connectivity index (χ3v) is 5.46. The van der Waals surface area contributed by atoms with Gasteiger partial charge in [0.25, 0.3) is 0 Å². The Labute approximate surface area is 112 Å². The van der Waals surface area contributed by atoms with E-state index in [1.807, 2.05) is 0 Å². The van der Waals surface area contributed by atoms with Crippen LogP contribution in [0.4, 0.5) is 10.8 Å². The van der Waals surface area contributed by atoms with Crippen molar-refractivity contribution in [3.63, 3.8) is 0 Å². The Hall–Kier alpha value is -0.420. The predicted molar refractivity (Wildman–Crippen MR) is 77.9 cm³/mol. The quantitative estimate of drug-likeness (QED) is 0.820. The number of hydrogen-bond acceptors (Lipinski definition) is 5. The first-order valence-electron chi connectivity index (χ1n) is 6.25. The molecular formula is C12H21N3S2. The van der Waals surface area contributed by atoms with Crippen molar-refractivity contribution >= 4 is 34.1 Å². The highest BCUT2D eigenvalue weighted by Gasteiger charge is 2.21. The molecule has 0 spiro atoms. The van der Waals surface area contributed by atoms with Crippen LogP contribution in [0.25, 0.3) is 0 Å². The molecule has 3 N–H and O–H groups in total. The van der Waals surface area contributed by atoms with Crippen LogP contribution in [0.3, 0.4) is 0 Å². The number of aromatic nitrogens is 1. The Bertz CT molecular complexity index is 365. The third kappa shape index (κ3) is 3.07. The second-order valence-electron chi connectivity index (χ2n) is 4.83. The van der Waals surface area contributed by atoms with Crippen LogP contribution in [-0.4, -0.2) is 17.2 Å². The highest BCUT2D eigenvalue weighted by atomic mass is 32.2. The van der Waals surface area contributed by atoms with E-state index in [0.717, 1.165) is 28.3 Å². The number of thioether (sulfide) groups is 1. The molecule has 0 amide bonds. The van der Waals surface area contributed by atoms with E-state index in [-0.39, 0.29) is 0 Å². The van der Waals surface area contributed by atoms with Gasteiger partial charge < -0.3 is 11.1 Å². The maximum Gasteiger partial charge on any atom is 0.153 e. The van der Waals surface area contributed by atoms with Gasteiger partial charge in [-0.3, -0.25) is 0 Å². The summed E-state index contributed by atoms with van der Waals surface area (Å²) in [5.41, 5.74) is 5.83. The fourth-order valence-electron chi connectivity index (χ4n) is 2.52. The predicted octanol–water partition coefficient (Wildman–Crippen LogP) is 3.69. The molecule has 3 nitrogen and oxygen atoms in total. The summed E-state index contributed by atoms with van der Waals surface area (Å²) in [7, 11) is 0. The molecular weight excluding hydrogens is 250 g/mol. The van der Waals surface area contributed by atoms with Crippen molar-refractivity contribution in [3.05, 3.63) is 0 Å². The Kier molecular flexibility index (Phi) is 4.56. The topological polar surface area (TPSA) is 50.9 Å². The van der Waals surface area contributed by atoms with Gasteiger partial charge in [-0.05, 0) is 36.0 Å². The number of nitrogen functional groups attached to an aromatic ring is 1. The van der Waals surface area contributed by atoms with Gasteiger partial charge in [-0.2, -0.15) is 4.37 Å². The van der Waals surface area contributed by atoms with Gasteiger partial charge >= 0.3 is 0 Å². The van der Waals surface area contributed by atoms with Crippen molar-refractivity contribution in [3.8, 4) is 0 Å². The first-order chi connectivity index (χ1) is 8.22. The maximum atomic E-state index is 5.83. The fourth-order valence-corrected chi connectivity index (χ4v) is 4.07. The minimum atomic E-state index is 0.668. The maximum absolute atomic E-state index is 5.83. The molecule has 2 rings (SSSR count). The Balaban J connectivity index is 1.92. The Morgan fingerprint density at radius 1 is 1.47 bits per heavy atom. The molecule has 0 radical (unpaired) electrons. The lowest BCUT2D eigenvalue weighted by molar-refractivity contribution is 0.268.